The van der Waals surface area contributed by atoms with Gasteiger partial charge in [-0.25, -0.2) is 4.98 Å². The van der Waals surface area contributed by atoms with Gasteiger partial charge in [-0.05, 0) is 32.3 Å². The Hall–Kier alpha value is -1.73. The molecule has 7 heteroatoms. The number of carbonyl (C=O) groups excluding carboxylic acids is 1. The van der Waals surface area contributed by atoms with Crippen LogP contribution in [0, 0.1) is 20.8 Å². The molecule has 0 aliphatic heterocycles. The van der Waals surface area contributed by atoms with Crippen LogP contribution in [0.4, 0.5) is 0 Å². The Morgan fingerprint density at radius 1 is 1.33 bits per heavy atom. The Morgan fingerprint density at radius 2 is 2.10 bits per heavy atom. The fraction of sp³-hybridized carbons (Fsp3) is 0.357. The zero-order valence-electron chi connectivity index (χ0n) is 12.4. The van der Waals surface area contributed by atoms with Crippen LogP contribution in [0.5, 0.6) is 0 Å². The standard InChI is InChI=1S/C14H16N4OS2/c1-8-5-18-12(10(3)15-14(18)21-8)6-17(4)13(19)11-7-20-16-9(11)2/h5,7H,6H2,1-4H3. The summed E-state index contributed by atoms with van der Waals surface area (Å²) >= 11 is 2.98. The Kier molecular flexibility index (Phi) is 3.54. The number of hydrogen-bond acceptors (Lipinski definition) is 5. The topological polar surface area (TPSA) is 50.5 Å². The summed E-state index contributed by atoms with van der Waals surface area (Å²) in [6.45, 7) is 6.45. The molecule has 0 bridgehead atoms. The minimum Gasteiger partial charge on any atom is -0.336 e. The number of nitrogens with zero attached hydrogens (tertiary/aromatic N) is 4. The molecule has 0 radical (unpaired) electrons. The van der Waals surface area contributed by atoms with Gasteiger partial charge in [0.25, 0.3) is 5.91 Å². The second-order valence-corrected chi connectivity index (χ2v) is 6.96. The molecular weight excluding hydrogens is 304 g/mol. The van der Waals surface area contributed by atoms with Crippen molar-refractivity contribution in [1.82, 2.24) is 18.7 Å². The van der Waals surface area contributed by atoms with Crippen molar-refractivity contribution in [2.45, 2.75) is 27.3 Å². The average Bonchev–Trinajstić information content (AvgIpc) is 3.06. The van der Waals surface area contributed by atoms with E-state index in [1.807, 2.05) is 26.3 Å². The molecule has 0 aromatic carbocycles. The number of rotatable bonds is 3. The van der Waals surface area contributed by atoms with Crippen LogP contribution in [0.25, 0.3) is 4.96 Å². The Balaban J connectivity index is 1.89. The fourth-order valence-electron chi connectivity index (χ4n) is 2.30. The van der Waals surface area contributed by atoms with E-state index in [0.29, 0.717) is 12.1 Å². The molecule has 0 saturated heterocycles. The maximum Gasteiger partial charge on any atom is 0.256 e. The molecule has 0 fully saturated rings. The molecule has 0 atom stereocenters. The van der Waals surface area contributed by atoms with Crippen LogP contribution >= 0.6 is 22.9 Å². The molecule has 21 heavy (non-hydrogen) atoms. The molecule has 0 aliphatic rings. The van der Waals surface area contributed by atoms with Gasteiger partial charge in [0.15, 0.2) is 4.96 Å². The van der Waals surface area contributed by atoms with Crippen molar-refractivity contribution in [2.75, 3.05) is 7.05 Å². The van der Waals surface area contributed by atoms with Gasteiger partial charge in [-0.2, -0.15) is 4.37 Å². The first-order chi connectivity index (χ1) is 9.97. The van der Waals surface area contributed by atoms with Gasteiger partial charge in [-0.3, -0.25) is 9.20 Å². The third kappa shape index (κ3) is 2.47. The molecule has 0 unspecified atom stereocenters. The maximum atomic E-state index is 12.5. The molecule has 5 nitrogen and oxygen atoms in total. The van der Waals surface area contributed by atoms with Crippen LogP contribution in [0.1, 0.15) is 32.3 Å². The van der Waals surface area contributed by atoms with Crippen molar-refractivity contribution in [1.29, 1.82) is 0 Å². The summed E-state index contributed by atoms with van der Waals surface area (Å²) in [5.74, 6) is 0.00236. The fourth-order valence-corrected chi connectivity index (χ4v) is 3.88. The van der Waals surface area contributed by atoms with Crippen LogP contribution in [0.2, 0.25) is 0 Å². The minimum atomic E-state index is 0.00236. The summed E-state index contributed by atoms with van der Waals surface area (Å²) in [6, 6.07) is 0. The highest BCUT2D eigenvalue weighted by atomic mass is 32.1. The molecule has 3 rings (SSSR count). The Bertz CT molecular complexity index is 814. The van der Waals surface area contributed by atoms with E-state index in [9.17, 15) is 4.79 Å². The van der Waals surface area contributed by atoms with E-state index >= 15 is 0 Å². The first-order valence-electron chi connectivity index (χ1n) is 6.57. The van der Waals surface area contributed by atoms with Gasteiger partial charge in [-0.1, -0.05) is 0 Å². The van der Waals surface area contributed by atoms with Crippen molar-refractivity contribution in [2.24, 2.45) is 0 Å². The summed E-state index contributed by atoms with van der Waals surface area (Å²) in [5.41, 5.74) is 3.51. The van der Waals surface area contributed by atoms with Crippen molar-refractivity contribution in [3.05, 3.63) is 39.1 Å². The lowest BCUT2D eigenvalue weighted by Gasteiger charge is -2.16. The lowest BCUT2D eigenvalue weighted by molar-refractivity contribution is 0.0782. The maximum absolute atomic E-state index is 12.5. The molecule has 110 valence electrons. The SMILES string of the molecule is Cc1cn2c(CN(C)C(=O)c3csnc3C)c(C)nc2s1. The number of hydrogen-bond donors (Lipinski definition) is 0. The Morgan fingerprint density at radius 3 is 2.76 bits per heavy atom. The largest absolute Gasteiger partial charge is 0.336 e. The van der Waals surface area contributed by atoms with E-state index < -0.39 is 0 Å². The predicted molar refractivity (Wildman–Crippen MR) is 85.2 cm³/mol. The normalized spacial score (nSPS) is 11.2. The Labute approximate surface area is 131 Å². The van der Waals surface area contributed by atoms with E-state index in [-0.39, 0.29) is 5.91 Å². The molecule has 1 amide bonds. The number of aryl methyl sites for hydroxylation is 3. The van der Waals surface area contributed by atoms with Crippen LogP contribution < -0.4 is 0 Å². The third-order valence-corrected chi connectivity index (χ3v) is 5.07. The number of fused-ring (bicyclic) bond motifs is 1. The molecular formula is C14H16N4OS2. The van der Waals surface area contributed by atoms with Crippen LogP contribution in [0.3, 0.4) is 0 Å². The number of thiazole rings is 1. The monoisotopic (exact) mass is 320 g/mol. The second-order valence-electron chi connectivity index (χ2n) is 5.11. The molecule has 0 spiro atoms. The quantitative estimate of drug-likeness (QED) is 0.745. The third-order valence-electron chi connectivity index (χ3n) is 3.46. The summed E-state index contributed by atoms with van der Waals surface area (Å²) in [4.78, 5) is 20.9. The number of amides is 1. The van der Waals surface area contributed by atoms with E-state index in [2.05, 4.69) is 26.9 Å². The second kappa shape index (κ2) is 5.23. The lowest BCUT2D eigenvalue weighted by atomic mass is 10.2. The first kappa shape index (κ1) is 14.2. The van der Waals surface area contributed by atoms with E-state index in [4.69, 9.17) is 0 Å². The molecule has 3 aromatic rings. The van der Waals surface area contributed by atoms with Gasteiger partial charge in [-0.15, -0.1) is 11.3 Å². The van der Waals surface area contributed by atoms with Crippen LogP contribution in [-0.4, -0.2) is 31.6 Å². The van der Waals surface area contributed by atoms with Crippen LogP contribution in [0.15, 0.2) is 11.6 Å². The minimum absolute atomic E-state index is 0.00236. The summed E-state index contributed by atoms with van der Waals surface area (Å²) < 4.78 is 6.25. The lowest BCUT2D eigenvalue weighted by Crippen LogP contribution is -2.27. The summed E-state index contributed by atoms with van der Waals surface area (Å²) in [5, 5.41) is 1.81. The predicted octanol–water partition coefficient (Wildman–Crippen LogP) is 3.05. The zero-order valence-corrected chi connectivity index (χ0v) is 14.0. The highest BCUT2D eigenvalue weighted by Crippen LogP contribution is 2.22. The van der Waals surface area contributed by atoms with E-state index in [0.717, 1.165) is 22.0 Å². The van der Waals surface area contributed by atoms with Gasteiger partial charge in [0.1, 0.15) is 0 Å². The number of imidazole rings is 1. The smallest absolute Gasteiger partial charge is 0.256 e. The molecule has 3 heterocycles. The summed E-state index contributed by atoms with van der Waals surface area (Å²) in [7, 11) is 1.82. The van der Waals surface area contributed by atoms with Crippen LogP contribution in [-0.2, 0) is 6.54 Å². The highest BCUT2D eigenvalue weighted by Gasteiger charge is 2.19. The van der Waals surface area contributed by atoms with Crippen molar-refractivity contribution in [3.8, 4) is 0 Å². The van der Waals surface area contributed by atoms with E-state index in [1.165, 1.54) is 16.4 Å². The van der Waals surface area contributed by atoms with E-state index in [1.54, 1.807) is 16.2 Å². The summed E-state index contributed by atoms with van der Waals surface area (Å²) in [6.07, 6.45) is 2.07. The average molecular weight is 320 g/mol. The molecule has 0 N–H and O–H groups in total. The molecule has 3 aromatic heterocycles. The van der Waals surface area contributed by atoms with Crippen molar-refractivity contribution in [3.63, 3.8) is 0 Å². The van der Waals surface area contributed by atoms with Gasteiger partial charge < -0.3 is 4.90 Å². The van der Waals surface area contributed by atoms with Gasteiger partial charge >= 0.3 is 0 Å². The van der Waals surface area contributed by atoms with Gasteiger partial charge in [0, 0.05) is 23.5 Å². The van der Waals surface area contributed by atoms with Gasteiger partial charge in [0.05, 0.1) is 29.2 Å². The van der Waals surface area contributed by atoms with Crippen molar-refractivity contribution >= 4 is 33.7 Å². The number of aromatic nitrogens is 3. The highest BCUT2D eigenvalue weighted by molar-refractivity contribution is 7.17. The zero-order chi connectivity index (χ0) is 15.1. The van der Waals surface area contributed by atoms with Crippen molar-refractivity contribution < 1.29 is 4.79 Å². The first-order valence-corrected chi connectivity index (χ1v) is 8.23. The number of carbonyl (C=O) groups is 1. The molecule has 0 aliphatic carbocycles. The molecule has 0 saturated carbocycles. The van der Waals surface area contributed by atoms with Gasteiger partial charge in [0.2, 0.25) is 0 Å².